The average Bonchev–Trinajstić information content (AvgIpc) is 3.08. The number of nitro benzene ring substituents is 1. The summed E-state index contributed by atoms with van der Waals surface area (Å²) in [6.07, 6.45) is 1.54. The van der Waals surface area contributed by atoms with E-state index in [1.165, 1.54) is 35.4 Å². The number of hydrogen-bond donors (Lipinski definition) is 0. The van der Waals surface area contributed by atoms with Crippen molar-refractivity contribution >= 4 is 17.4 Å². The van der Waals surface area contributed by atoms with Crippen LogP contribution in [0.2, 0.25) is 0 Å². The molecule has 1 aromatic heterocycles. The van der Waals surface area contributed by atoms with Gasteiger partial charge in [0.25, 0.3) is 5.69 Å². The zero-order chi connectivity index (χ0) is 23.9. The summed E-state index contributed by atoms with van der Waals surface area (Å²) in [5.74, 6) is -0.646. The van der Waals surface area contributed by atoms with Crippen molar-refractivity contribution in [1.29, 1.82) is 0 Å². The number of carbonyl (C=O) groups is 1. The summed E-state index contributed by atoms with van der Waals surface area (Å²) in [5.41, 5.74) is 7.61. The van der Waals surface area contributed by atoms with Crippen LogP contribution in [-0.4, -0.2) is 21.2 Å². The van der Waals surface area contributed by atoms with Crippen molar-refractivity contribution in [3.63, 3.8) is 0 Å². The van der Waals surface area contributed by atoms with Gasteiger partial charge in [-0.05, 0) is 80.5 Å². The number of aryl methyl sites for hydroxylation is 3. The first-order valence-electron chi connectivity index (χ1n) is 10.9. The normalized spacial score (nSPS) is 15.8. The van der Waals surface area contributed by atoms with Crippen molar-refractivity contribution < 1.29 is 14.6 Å². The molecular weight excluding hydrogens is 418 g/mol. The molecular formula is C26H27N3O4. The second-order valence-corrected chi connectivity index (χ2v) is 9.49. The van der Waals surface area contributed by atoms with Crippen LogP contribution in [0.1, 0.15) is 58.7 Å². The standard InChI is InChI=1S/C26H27N3O4/c1-16-6-9-21(12-17(16)2)28-18(3)13-22-23(14-26(4,5)15-24(22)28)27-33-25(30)19-7-10-20(11-8-19)29(31)32/h6-13H,14-15H2,1-5H3/b27-23+. The number of rotatable bonds is 4. The van der Waals surface area contributed by atoms with Crippen LogP contribution in [0.3, 0.4) is 0 Å². The molecule has 1 heterocycles. The smallest absolute Gasteiger partial charge is 0.318 e. The second kappa shape index (κ2) is 8.31. The Kier molecular flexibility index (Phi) is 5.66. The van der Waals surface area contributed by atoms with Gasteiger partial charge in [0.15, 0.2) is 0 Å². The van der Waals surface area contributed by atoms with E-state index in [9.17, 15) is 14.9 Å². The Morgan fingerprint density at radius 1 is 1.03 bits per heavy atom. The van der Waals surface area contributed by atoms with Crippen molar-refractivity contribution in [1.82, 2.24) is 4.57 Å². The molecule has 2 aromatic carbocycles. The van der Waals surface area contributed by atoms with E-state index in [-0.39, 0.29) is 16.7 Å². The molecule has 33 heavy (non-hydrogen) atoms. The van der Waals surface area contributed by atoms with Gasteiger partial charge in [-0.2, -0.15) is 0 Å². The van der Waals surface area contributed by atoms with Crippen LogP contribution < -0.4 is 0 Å². The first-order valence-corrected chi connectivity index (χ1v) is 10.9. The van der Waals surface area contributed by atoms with E-state index in [4.69, 9.17) is 4.84 Å². The van der Waals surface area contributed by atoms with Gasteiger partial charge < -0.3 is 9.40 Å². The first-order chi connectivity index (χ1) is 15.6. The Labute approximate surface area is 192 Å². The van der Waals surface area contributed by atoms with E-state index >= 15 is 0 Å². The molecule has 0 saturated heterocycles. The first kappa shape index (κ1) is 22.5. The summed E-state index contributed by atoms with van der Waals surface area (Å²) in [7, 11) is 0. The zero-order valence-corrected chi connectivity index (χ0v) is 19.5. The minimum absolute atomic E-state index is 0.0616. The average molecular weight is 446 g/mol. The predicted molar refractivity (Wildman–Crippen MR) is 127 cm³/mol. The fourth-order valence-corrected chi connectivity index (χ4v) is 4.35. The highest BCUT2D eigenvalue weighted by Gasteiger charge is 2.34. The number of non-ortho nitro benzene ring substituents is 1. The van der Waals surface area contributed by atoms with E-state index in [1.54, 1.807) is 0 Å². The van der Waals surface area contributed by atoms with Crippen molar-refractivity contribution in [2.75, 3.05) is 0 Å². The summed E-state index contributed by atoms with van der Waals surface area (Å²) >= 11 is 0. The van der Waals surface area contributed by atoms with Crippen LogP contribution in [0.5, 0.6) is 0 Å². The summed E-state index contributed by atoms with van der Waals surface area (Å²) in [6.45, 7) is 10.6. The second-order valence-electron chi connectivity index (χ2n) is 9.49. The fourth-order valence-electron chi connectivity index (χ4n) is 4.35. The third-order valence-electron chi connectivity index (χ3n) is 6.19. The molecule has 170 valence electrons. The highest BCUT2D eigenvalue weighted by Crippen LogP contribution is 2.38. The minimum atomic E-state index is -0.646. The highest BCUT2D eigenvalue weighted by molar-refractivity contribution is 6.03. The fraction of sp³-hybridized carbons (Fsp3) is 0.308. The molecule has 0 radical (unpaired) electrons. The summed E-state index contributed by atoms with van der Waals surface area (Å²) in [4.78, 5) is 28.1. The highest BCUT2D eigenvalue weighted by atomic mass is 16.7. The van der Waals surface area contributed by atoms with E-state index in [0.29, 0.717) is 6.42 Å². The third kappa shape index (κ3) is 4.44. The molecule has 1 aliphatic carbocycles. The Hall–Kier alpha value is -3.74. The SMILES string of the molecule is Cc1ccc(-n2c(C)cc3c2CC(C)(C)C/C3=N\OC(=O)c2ccc([N+](=O)[O-])cc2)cc1C. The lowest BCUT2D eigenvalue weighted by atomic mass is 9.76. The molecule has 0 unspecified atom stereocenters. The molecule has 0 spiro atoms. The van der Waals surface area contributed by atoms with Gasteiger partial charge in [0, 0.05) is 34.8 Å². The van der Waals surface area contributed by atoms with E-state index in [0.717, 1.165) is 34.8 Å². The molecule has 0 atom stereocenters. The molecule has 0 amide bonds. The Balaban J connectivity index is 1.68. The Bertz CT molecular complexity index is 1280. The molecule has 0 aliphatic heterocycles. The monoisotopic (exact) mass is 445 g/mol. The topological polar surface area (TPSA) is 86.7 Å². The molecule has 7 nitrogen and oxygen atoms in total. The lowest BCUT2D eigenvalue weighted by Gasteiger charge is -2.31. The number of oxime groups is 1. The van der Waals surface area contributed by atoms with Gasteiger partial charge in [0.05, 0.1) is 16.2 Å². The van der Waals surface area contributed by atoms with E-state index in [2.05, 4.69) is 68.6 Å². The van der Waals surface area contributed by atoms with Gasteiger partial charge in [-0.25, -0.2) is 4.79 Å². The van der Waals surface area contributed by atoms with E-state index < -0.39 is 10.9 Å². The van der Waals surface area contributed by atoms with Crippen molar-refractivity contribution in [2.45, 2.75) is 47.5 Å². The molecule has 4 rings (SSSR count). The molecule has 0 fully saturated rings. The van der Waals surface area contributed by atoms with Gasteiger partial charge in [0.2, 0.25) is 0 Å². The maximum absolute atomic E-state index is 12.5. The molecule has 1 aliphatic rings. The van der Waals surface area contributed by atoms with Crippen LogP contribution in [0.15, 0.2) is 53.7 Å². The third-order valence-corrected chi connectivity index (χ3v) is 6.19. The molecule has 0 saturated carbocycles. The van der Waals surface area contributed by atoms with Gasteiger partial charge >= 0.3 is 5.97 Å². The summed E-state index contributed by atoms with van der Waals surface area (Å²) in [6, 6.07) is 13.8. The quantitative estimate of drug-likeness (QED) is 0.287. The summed E-state index contributed by atoms with van der Waals surface area (Å²) in [5, 5.41) is 15.1. The lowest BCUT2D eigenvalue weighted by Crippen LogP contribution is -2.28. The van der Waals surface area contributed by atoms with E-state index in [1.807, 2.05) is 0 Å². The number of benzene rings is 2. The minimum Gasteiger partial charge on any atom is -0.318 e. The van der Waals surface area contributed by atoms with Gasteiger partial charge in [-0.3, -0.25) is 10.1 Å². The van der Waals surface area contributed by atoms with Crippen LogP contribution in [0, 0.1) is 36.3 Å². The number of aromatic nitrogens is 1. The number of hydrogen-bond acceptors (Lipinski definition) is 5. The maximum atomic E-state index is 12.5. The van der Waals surface area contributed by atoms with Crippen molar-refractivity contribution in [2.24, 2.45) is 10.6 Å². The largest absolute Gasteiger partial charge is 0.365 e. The van der Waals surface area contributed by atoms with Gasteiger partial charge in [0.1, 0.15) is 0 Å². The number of fused-ring (bicyclic) bond motifs is 1. The molecule has 3 aromatic rings. The zero-order valence-electron chi connectivity index (χ0n) is 19.5. The summed E-state index contributed by atoms with van der Waals surface area (Å²) < 4.78 is 2.26. The number of nitro groups is 1. The number of nitrogens with zero attached hydrogens (tertiary/aromatic N) is 3. The molecule has 0 N–H and O–H groups in total. The van der Waals surface area contributed by atoms with Crippen LogP contribution >= 0.6 is 0 Å². The maximum Gasteiger partial charge on any atom is 0.365 e. The van der Waals surface area contributed by atoms with Crippen LogP contribution in [0.25, 0.3) is 5.69 Å². The Morgan fingerprint density at radius 2 is 1.73 bits per heavy atom. The lowest BCUT2D eigenvalue weighted by molar-refractivity contribution is -0.384. The molecule has 0 bridgehead atoms. The van der Waals surface area contributed by atoms with Gasteiger partial charge in [-0.1, -0.05) is 25.1 Å². The molecule has 7 heteroatoms. The van der Waals surface area contributed by atoms with Crippen LogP contribution in [0.4, 0.5) is 5.69 Å². The van der Waals surface area contributed by atoms with Crippen molar-refractivity contribution in [3.05, 3.63) is 92.3 Å². The van der Waals surface area contributed by atoms with Gasteiger partial charge in [-0.15, -0.1) is 0 Å². The number of carbonyl (C=O) groups excluding carboxylic acids is 1. The Morgan fingerprint density at radius 3 is 2.36 bits per heavy atom. The van der Waals surface area contributed by atoms with Crippen LogP contribution in [-0.2, 0) is 11.3 Å². The van der Waals surface area contributed by atoms with Crippen molar-refractivity contribution in [3.8, 4) is 5.69 Å². The predicted octanol–water partition coefficient (Wildman–Crippen LogP) is 5.84.